The summed E-state index contributed by atoms with van der Waals surface area (Å²) in [6.07, 6.45) is 6.26. The van der Waals surface area contributed by atoms with Crippen molar-refractivity contribution in [3.05, 3.63) is 63.5 Å². The summed E-state index contributed by atoms with van der Waals surface area (Å²) in [6, 6.07) is 5.94. The maximum Gasteiger partial charge on any atom is 0.129 e. The summed E-state index contributed by atoms with van der Waals surface area (Å²) in [6.45, 7) is 12.0. The smallest absolute Gasteiger partial charge is 0.129 e. The summed E-state index contributed by atoms with van der Waals surface area (Å²) in [5.41, 5.74) is 13.8. The van der Waals surface area contributed by atoms with E-state index >= 15 is 0 Å². The van der Waals surface area contributed by atoms with Crippen LogP contribution in [0.1, 0.15) is 46.4 Å². The molecule has 6 N–H and O–H groups in total. The maximum atomic E-state index is 9.76. The van der Waals surface area contributed by atoms with E-state index in [-0.39, 0.29) is 17.3 Å². The van der Waals surface area contributed by atoms with Crippen LogP contribution in [0.4, 0.5) is 0 Å². The fraction of sp³-hybridized carbons (Fsp3) is 0.304. The largest absolute Gasteiger partial charge is 0.404 e. The number of hydrogen-bond donors (Lipinski definition) is 4. The first kappa shape index (κ1) is 26.8. The van der Waals surface area contributed by atoms with Gasteiger partial charge >= 0.3 is 0 Å². The van der Waals surface area contributed by atoms with Gasteiger partial charge < -0.3 is 11.5 Å². The van der Waals surface area contributed by atoms with Crippen LogP contribution in [0.3, 0.4) is 0 Å². The Bertz CT molecular complexity index is 921. The molecule has 0 radical (unpaired) electrons. The summed E-state index contributed by atoms with van der Waals surface area (Å²) in [7, 11) is 0. The van der Waals surface area contributed by atoms with Gasteiger partial charge in [-0.2, -0.15) is 5.26 Å². The van der Waals surface area contributed by atoms with E-state index in [2.05, 4.69) is 11.1 Å². The Morgan fingerprint density at radius 3 is 2.30 bits per heavy atom. The van der Waals surface area contributed by atoms with E-state index in [4.69, 9.17) is 22.3 Å². The number of hydrogen-bond acceptors (Lipinski definition) is 7. The second-order valence-electron chi connectivity index (χ2n) is 5.17. The number of allylic oxidation sites excluding steroid dienone is 5. The highest BCUT2D eigenvalue weighted by atomic mass is 32.1. The van der Waals surface area contributed by atoms with E-state index in [9.17, 15) is 5.26 Å². The van der Waals surface area contributed by atoms with Crippen molar-refractivity contribution in [1.29, 1.82) is 16.1 Å². The van der Waals surface area contributed by atoms with Gasteiger partial charge in [0.1, 0.15) is 5.84 Å². The molecule has 160 valence electrons. The van der Waals surface area contributed by atoms with Crippen molar-refractivity contribution in [3.63, 3.8) is 0 Å². The van der Waals surface area contributed by atoms with Gasteiger partial charge in [-0.3, -0.25) is 10.8 Å². The second-order valence-corrected chi connectivity index (χ2v) is 6.12. The number of nitrogens with one attached hydrogen (secondary N) is 2. The fourth-order valence-corrected chi connectivity index (χ4v) is 3.45. The van der Waals surface area contributed by atoms with Crippen LogP contribution in [0.25, 0.3) is 5.70 Å². The minimum atomic E-state index is -0.604. The third-order valence-corrected chi connectivity index (χ3v) is 4.72. The standard InChI is InChI=1S/C17H14N6S.3C2H6/c18-7-10-14(9-3-1-4-12(20)15(9)21)11(8-19)17(22)23-16(10)13-5-2-6-24-13;3*1-2/h1-6,8,14,20-21H,19H2,(H2,22,23);3*1-2H3/b11-8-,20-12?,21-15?;;;. The molecule has 0 amide bonds. The zero-order valence-corrected chi connectivity index (χ0v) is 19.4. The van der Waals surface area contributed by atoms with Gasteiger partial charge in [0.25, 0.3) is 0 Å². The molecule has 7 heteroatoms. The Kier molecular flexibility index (Phi) is 12.4. The third-order valence-electron chi connectivity index (χ3n) is 3.85. The molecule has 1 aliphatic heterocycles. The highest BCUT2D eigenvalue weighted by Gasteiger charge is 2.35. The molecule has 0 saturated carbocycles. The highest BCUT2D eigenvalue weighted by molar-refractivity contribution is 7.11. The van der Waals surface area contributed by atoms with E-state index in [1.165, 1.54) is 23.6 Å². The van der Waals surface area contributed by atoms with Gasteiger partial charge in [0.2, 0.25) is 0 Å². The molecule has 6 nitrogen and oxygen atoms in total. The van der Waals surface area contributed by atoms with Crippen molar-refractivity contribution < 1.29 is 0 Å². The molecule has 2 aliphatic rings. The number of rotatable bonds is 2. The van der Waals surface area contributed by atoms with Crippen molar-refractivity contribution in [2.45, 2.75) is 41.5 Å². The lowest BCUT2D eigenvalue weighted by Gasteiger charge is -2.28. The molecule has 1 atom stereocenters. The van der Waals surface area contributed by atoms with E-state index in [1.807, 2.05) is 59.1 Å². The van der Waals surface area contributed by atoms with Gasteiger partial charge in [0, 0.05) is 11.8 Å². The van der Waals surface area contributed by atoms with Crippen LogP contribution < -0.4 is 11.5 Å². The molecular formula is C23H32N6S. The molecule has 0 aromatic carbocycles. The Morgan fingerprint density at radius 2 is 1.80 bits per heavy atom. The second kappa shape index (κ2) is 13.9. The predicted octanol–water partition coefficient (Wildman–Crippen LogP) is 5.43. The number of nitriles is 1. The molecule has 0 spiro atoms. The summed E-state index contributed by atoms with van der Waals surface area (Å²) in [4.78, 5) is 5.19. The molecular weight excluding hydrogens is 392 g/mol. The van der Waals surface area contributed by atoms with Gasteiger partial charge in [-0.1, -0.05) is 59.8 Å². The fourth-order valence-electron chi connectivity index (χ4n) is 2.72. The van der Waals surface area contributed by atoms with E-state index < -0.39 is 5.92 Å². The number of thiophene rings is 1. The SMILES string of the molecule is CC.CC.CC.N#CC1=C(c2cccs2)N=C(N)/C(=C\N)C1C1=CC=CC(=N)C1=N. The molecule has 0 bridgehead atoms. The van der Waals surface area contributed by atoms with Crippen LogP contribution >= 0.6 is 11.3 Å². The monoisotopic (exact) mass is 424 g/mol. The van der Waals surface area contributed by atoms with Crippen LogP contribution in [0, 0.1) is 28.1 Å². The van der Waals surface area contributed by atoms with E-state index in [0.29, 0.717) is 22.4 Å². The minimum absolute atomic E-state index is 0.0508. The molecule has 2 heterocycles. The number of aliphatic imine (C=N–C) groups is 1. The summed E-state index contributed by atoms with van der Waals surface area (Å²) >= 11 is 1.46. The topological polar surface area (TPSA) is 136 Å². The van der Waals surface area contributed by atoms with Crippen LogP contribution in [-0.2, 0) is 0 Å². The van der Waals surface area contributed by atoms with Crippen molar-refractivity contribution >= 4 is 34.3 Å². The Labute approximate surface area is 184 Å². The average Bonchev–Trinajstić information content (AvgIpc) is 3.34. The van der Waals surface area contributed by atoms with Crippen LogP contribution in [0.2, 0.25) is 0 Å². The summed E-state index contributed by atoms with van der Waals surface area (Å²) in [5, 5.41) is 27.7. The lowest BCUT2D eigenvalue weighted by molar-refractivity contribution is 0.914. The highest BCUT2D eigenvalue weighted by Crippen LogP contribution is 2.39. The molecule has 0 fully saturated rings. The minimum Gasteiger partial charge on any atom is -0.404 e. The van der Waals surface area contributed by atoms with Crippen LogP contribution in [-0.4, -0.2) is 17.3 Å². The molecule has 1 unspecified atom stereocenters. The van der Waals surface area contributed by atoms with Crippen molar-refractivity contribution in [2.24, 2.45) is 22.4 Å². The number of amidine groups is 1. The average molecular weight is 425 g/mol. The normalized spacial score (nSPS) is 18.6. The lowest BCUT2D eigenvalue weighted by atomic mass is 9.77. The van der Waals surface area contributed by atoms with Crippen LogP contribution in [0.15, 0.2) is 63.7 Å². The lowest BCUT2D eigenvalue weighted by Crippen LogP contribution is -2.32. The van der Waals surface area contributed by atoms with Gasteiger partial charge in [-0.15, -0.1) is 11.3 Å². The molecule has 30 heavy (non-hydrogen) atoms. The Morgan fingerprint density at radius 1 is 1.17 bits per heavy atom. The van der Waals surface area contributed by atoms with Gasteiger partial charge in [0.15, 0.2) is 0 Å². The third kappa shape index (κ3) is 5.65. The Hall–Kier alpha value is -3.24. The van der Waals surface area contributed by atoms with Crippen molar-refractivity contribution in [3.8, 4) is 6.07 Å². The predicted molar refractivity (Wildman–Crippen MR) is 131 cm³/mol. The van der Waals surface area contributed by atoms with Gasteiger partial charge in [-0.05, 0) is 23.1 Å². The van der Waals surface area contributed by atoms with Crippen molar-refractivity contribution in [1.82, 2.24) is 0 Å². The van der Waals surface area contributed by atoms with E-state index in [1.54, 1.807) is 12.2 Å². The first-order chi connectivity index (χ1) is 14.6. The van der Waals surface area contributed by atoms with Gasteiger partial charge in [-0.25, -0.2) is 4.99 Å². The van der Waals surface area contributed by atoms with E-state index in [0.717, 1.165) is 4.88 Å². The molecule has 3 rings (SSSR count). The Balaban J connectivity index is 0.00000129. The summed E-state index contributed by atoms with van der Waals surface area (Å²) in [5.74, 6) is -0.382. The van der Waals surface area contributed by atoms with Crippen LogP contribution in [0.5, 0.6) is 0 Å². The number of nitrogens with two attached hydrogens (primary N) is 2. The zero-order chi connectivity index (χ0) is 23.3. The maximum absolute atomic E-state index is 9.76. The molecule has 1 aliphatic carbocycles. The quantitative estimate of drug-likeness (QED) is 0.471. The van der Waals surface area contributed by atoms with Crippen molar-refractivity contribution in [2.75, 3.05) is 0 Å². The van der Waals surface area contributed by atoms with Gasteiger partial charge in [0.05, 0.1) is 39.6 Å². The number of nitrogens with zero attached hydrogens (tertiary/aromatic N) is 2. The zero-order valence-electron chi connectivity index (χ0n) is 18.6. The molecule has 0 saturated heterocycles. The molecule has 1 aromatic rings. The molecule has 1 aromatic heterocycles. The summed E-state index contributed by atoms with van der Waals surface area (Å²) < 4.78 is 0. The first-order valence-electron chi connectivity index (χ1n) is 10.1. The first-order valence-corrected chi connectivity index (χ1v) is 11.0.